The van der Waals surface area contributed by atoms with Gasteiger partial charge in [0.1, 0.15) is 6.04 Å². The van der Waals surface area contributed by atoms with Gasteiger partial charge in [-0.05, 0) is 5.56 Å². The van der Waals surface area contributed by atoms with Crippen molar-refractivity contribution in [3.63, 3.8) is 0 Å². The molecule has 17 heavy (non-hydrogen) atoms. The first-order valence-corrected chi connectivity index (χ1v) is 4.84. The normalized spacial score (nSPS) is 12.0. The predicted molar refractivity (Wildman–Crippen MR) is 61.7 cm³/mol. The fraction of sp³-hybridized carbons (Fsp3) is 0.273. The van der Waals surface area contributed by atoms with Crippen molar-refractivity contribution in [2.24, 2.45) is 4.99 Å². The Bertz CT molecular complexity index is 448. The summed E-state index contributed by atoms with van der Waals surface area (Å²) >= 11 is 0. The quantitative estimate of drug-likeness (QED) is 0.335. The summed E-state index contributed by atoms with van der Waals surface area (Å²) in [5, 5.41) is 19.3. The number of non-ortho nitro benzene ring substituents is 1. The second kappa shape index (κ2) is 6.23. The van der Waals surface area contributed by atoms with Crippen LogP contribution in [-0.2, 0) is 11.2 Å². The number of ether oxygens (including phenoxy) is 1. The third-order valence-electron chi connectivity index (χ3n) is 2.07. The van der Waals surface area contributed by atoms with Gasteiger partial charge in [0.05, 0.1) is 18.1 Å². The number of hydrogen-bond acceptors (Lipinski definition) is 5. The lowest BCUT2D eigenvalue weighted by Crippen LogP contribution is -2.06. The molecule has 1 rings (SSSR count). The Labute approximate surface area is 98.3 Å². The summed E-state index contributed by atoms with van der Waals surface area (Å²) in [5.41, 5.74) is 0.845. The molecule has 0 aliphatic carbocycles. The van der Waals surface area contributed by atoms with Crippen molar-refractivity contribution in [3.05, 3.63) is 39.9 Å². The van der Waals surface area contributed by atoms with Crippen LogP contribution in [0.2, 0.25) is 0 Å². The van der Waals surface area contributed by atoms with E-state index in [1.165, 1.54) is 25.6 Å². The largest absolute Gasteiger partial charge is 0.487 e. The molecule has 0 N–H and O–H groups in total. The molecule has 0 aromatic heterocycles. The minimum absolute atomic E-state index is 0.0302. The molecule has 0 bridgehead atoms. The molecule has 0 fully saturated rings. The number of hydrogen-bond donors (Lipinski definition) is 0. The monoisotopic (exact) mass is 233 g/mol. The second-order valence-electron chi connectivity index (χ2n) is 3.26. The maximum atomic E-state index is 10.4. The molecule has 1 unspecified atom stereocenters. The summed E-state index contributed by atoms with van der Waals surface area (Å²) in [6.07, 6.45) is 1.60. The van der Waals surface area contributed by atoms with E-state index in [9.17, 15) is 10.1 Å². The van der Waals surface area contributed by atoms with E-state index in [1.807, 2.05) is 6.07 Å². The van der Waals surface area contributed by atoms with Crippen LogP contribution >= 0.6 is 0 Å². The Morgan fingerprint density at radius 1 is 1.59 bits per heavy atom. The highest BCUT2D eigenvalue weighted by Crippen LogP contribution is 2.13. The fourth-order valence-corrected chi connectivity index (χ4v) is 1.24. The number of methoxy groups -OCH3 is 1. The molecule has 6 nitrogen and oxygen atoms in total. The van der Waals surface area contributed by atoms with E-state index in [-0.39, 0.29) is 5.69 Å². The standard InChI is InChI=1S/C11H11N3O3/c1-17-8-13-10(7-12)6-9-2-4-11(5-3-9)14(15)16/h2-5,8,10H,6H2,1H3. The zero-order valence-corrected chi connectivity index (χ0v) is 9.24. The molecule has 6 heteroatoms. The maximum absolute atomic E-state index is 10.4. The first kappa shape index (κ1) is 12.6. The Kier molecular flexibility index (Phi) is 4.63. The van der Waals surface area contributed by atoms with Gasteiger partial charge in [-0.1, -0.05) is 12.1 Å². The fourth-order valence-electron chi connectivity index (χ4n) is 1.24. The Morgan fingerprint density at radius 3 is 2.71 bits per heavy atom. The predicted octanol–water partition coefficient (Wildman–Crippen LogP) is 1.70. The molecule has 0 aliphatic rings. The zero-order valence-electron chi connectivity index (χ0n) is 9.24. The summed E-state index contributed by atoms with van der Waals surface area (Å²) in [6.45, 7) is 0. The van der Waals surface area contributed by atoms with Crippen molar-refractivity contribution < 1.29 is 9.66 Å². The average molecular weight is 233 g/mol. The number of benzene rings is 1. The highest BCUT2D eigenvalue weighted by Gasteiger charge is 2.08. The summed E-state index contributed by atoms with van der Waals surface area (Å²) < 4.78 is 4.63. The van der Waals surface area contributed by atoms with Gasteiger partial charge in [-0.25, -0.2) is 4.99 Å². The van der Waals surface area contributed by atoms with Crippen LogP contribution in [0.5, 0.6) is 0 Å². The molecule has 0 amide bonds. The molecular formula is C11H11N3O3. The number of aliphatic imine (C=N–C) groups is 1. The van der Waals surface area contributed by atoms with Gasteiger partial charge in [0, 0.05) is 18.6 Å². The third-order valence-corrected chi connectivity index (χ3v) is 2.07. The number of nitro benzene ring substituents is 1. The van der Waals surface area contributed by atoms with Crippen LogP contribution in [0.1, 0.15) is 5.56 Å². The lowest BCUT2D eigenvalue weighted by molar-refractivity contribution is -0.384. The molecule has 88 valence electrons. The summed E-state index contributed by atoms with van der Waals surface area (Å²) in [4.78, 5) is 13.9. The molecule has 0 aliphatic heterocycles. The molecule has 0 saturated carbocycles. The van der Waals surface area contributed by atoms with Crippen molar-refractivity contribution >= 4 is 12.1 Å². The summed E-state index contributed by atoms with van der Waals surface area (Å²) in [5.74, 6) is 0. The van der Waals surface area contributed by atoms with E-state index >= 15 is 0 Å². The lowest BCUT2D eigenvalue weighted by Gasteiger charge is -2.03. The van der Waals surface area contributed by atoms with Gasteiger partial charge in [0.2, 0.25) is 0 Å². The van der Waals surface area contributed by atoms with E-state index in [0.29, 0.717) is 6.42 Å². The molecule has 1 aromatic carbocycles. The van der Waals surface area contributed by atoms with Crippen molar-refractivity contribution in [2.45, 2.75) is 12.5 Å². The van der Waals surface area contributed by atoms with Gasteiger partial charge in [-0.15, -0.1) is 0 Å². The summed E-state index contributed by atoms with van der Waals surface area (Å²) in [7, 11) is 1.45. The van der Waals surface area contributed by atoms with Gasteiger partial charge in [0.25, 0.3) is 5.69 Å². The molecular weight excluding hydrogens is 222 g/mol. The van der Waals surface area contributed by atoms with Crippen LogP contribution in [0.15, 0.2) is 29.3 Å². The van der Waals surface area contributed by atoms with E-state index in [0.717, 1.165) is 5.56 Å². The Balaban J connectivity index is 2.71. The zero-order chi connectivity index (χ0) is 12.7. The smallest absolute Gasteiger partial charge is 0.269 e. The van der Waals surface area contributed by atoms with Crippen LogP contribution in [0.3, 0.4) is 0 Å². The van der Waals surface area contributed by atoms with Gasteiger partial charge < -0.3 is 4.74 Å². The van der Waals surface area contributed by atoms with E-state index in [1.54, 1.807) is 12.1 Å². The van der Waals surface area contributed by atoms with E-state index in [2.05, 4.69) is 9.73 Å². The molecule has 0 radical (unpaired) electrons. The highest BCUT2D eigenvalue weighted by molar-refractivity contribution is 5.47. The number of nitrogens with zero attached hydrogens (tertiary/aromatic N) is 3. The van der Waals surface area contributed by atoms with Crippen molar-refractivity contribution in [3.8, 4) is 6.07 Å². The molecule has 1 atom stereocenters. The highest BCUT2D eigenvalue weighted by atomic mass is 16.6. The number of rotatable bonds is 5. The average Bonchev–Trinajstić information content (AvgIpc) is 2.35. The molecule has 0 heterocycles. The third kappa shape index (κ3) is 3.91. The van der Waals surface area contributed by atoms with Gasteiger partial charge in [-0.3, -0.25) is 10.1 Å². The molecule has 0 saturated heterocycles. The number of nitriles is 1. The van der Waals surface area contributed by atoms with Gasteiger partial charge >= 0.3 is 0 Å². The van der Waals surface area contributed by atoms with Gasteiger partial charge in [-0.2, -0.15) is 5.26 Å². The summed E-state index contributed by atoms with van der Waals surface area (Å²) in [6, 6.07) is 7.51. The second-order valence-corrected chi connectivity index (χ2v) is 3.26. The van der Waals surface area contributed by atoms with E-state index < -0.39 is 11.0 Å². The van der Waals surface area contributed by atoms with Gasteiger partial charge in [0.15, 0.2) is 6.40 Å². The van der Waals surface area contributed by atoms with Crippen molar-refractivity contribution in [2.75, 3.05) is 7.11 Å². The Morgan fingerprint density at radius 2 is 2.24 bits per heavy atom. The minimum atomic E-state index is -0.545. The lowest BCUT2D eigenvalue weighted by atomic mass is 10.1. The van der Waals surface area contributed by atoms with Crippen LogP contribution in [-0.4, -0.2) is 24.5 Å². The first-order chi connectivity index (χ1) is 8.17. The SMILES string of the molecule is COC=NC(C#N)Cc1ccc([N+](=O)[O-])cc1. The maximum Gasteiger partial charge on any atom is 0.269 e. The van der Waals surface area contributed by atoms with Crippen LogP contribution in [0.4, 0.5) is 5.69 Å². The van der Waals surface area contributed by atoms with Crippen molar-refractivity contribution in [1.82, 2.24) is 0 Å². The molecule has 0 spiro atoms. The topological polar surface area (TPSA) is 88.5 Å². The Hall–Kier alpha value is -2.42. The minimum Gasteiger partial charge on any atom is -0.487 e. The molecule has 1 aromatic rings. The van der Waals surface area contributed by atoms with Crippen LogP contribution in [0, 0.1) is 21.4 Å². The number of nitro groups is 1. The van der Waals surface area contributed by atoms with Crippen LogP contribution < -0.4 is 0 Å². The first-order valence-electron chi connectivity index (χ1n) is 4.84. The van der Waals surface area contributed by atoms with Crippen molar-refractivity contribution in [1.29, 1.82) is 5.26 Å². The van der Waals surface area contributed by atoms with E-state index in [4.69, 9.17) is 5.26 Å². The van der Waals surface area contributed by atoms with Crippen LogP contribution in [0.25, 0.3) is 0 Å².